The zero-order valence-corrected chi connectivity index (χ0v) is 45.1. The Hall–Kier alpha value is -6.56. The normalized spacial score (nSPS) is 27.7. The molecule has 0 spiro atoms. The van der Waals surface area contributed by atoms with Gasteiger partial charge in [-0.1, -0.05) is 61.4 Å². The maximum absolute atomic E-state index is 14.6. The van der Waals surface area contributed by atoms with Gasteiger partial charge in [-0.2, -0.15) is 0 Å². The number of rotatable bonds is 21. The van der Waals surface area contributed by atoms with Gasteiger partial charge in [-0.05, 0) is 37.1 Å². The number of carbonyl (C=O) groups excluding carboxylic acids is 8. The fourth-order valence-corrected chi connectivity index (χ4v) is 9.62. The van der Waals surface area contributed by atoms with Crippen LogP contribution in [0, 0.1) is 5.92 Å². The van der Waals surface area contributed by atoms with Crippen molar-refractivity contribution in [3.05, 3.63) is 47.7 Å². The highest BCUT2D eigenvalue weighted by Crippen LogP contribution is 2.34. The van der Waals surface area contributed by atoms with Crippen molar-refractivity contribution >= 4 is 59.6 Å². The Morgan fingerprint density at radius 2 is 1.49 bits per heavy atom. The van der Waals surface area contributed by atoms with Crippen LogP contribution in [0.15, 0.2) is 36.5 Å². The lowest BCUT2D eigenvalue weighted by molar-refractivity contribution is -0.433. The number of aromatic hydroxyl groups is 1. The first-order valence-electron chi connectivity index (χ1n) is 26.0. The fourth-order valence-electron chi connectivity index (χ4n) is 9.36. The van der Waals surface area contributed by atoms with Crippen LogP contribution in [-0.2, 0) is 42.9 Å². The smallest absolute Gasteiger partial charge is 0.261 e. The summed E-state index contributed by atoms with van der Waals surface area (Å²) >= 11 is -0.0341. The van der Waals surface area contributed by atoms with Gasteiger partial charge < -0.3 is 97.0 Å². The van der Waals surface area contributed by atoms with Crippen LogP contribution < -0.4 is 41.2 Å². The monoisotopic (exact) mass is 1170 g/mol. The van der Waals surface area contributed by atoms with E-state index in [1.807, 2.05) is 5.32 Å². The van der Waals surface area contributed by atoms with E-state index in [-0.39, 0.29) is 29.3 Å². The van der Waals surface area contributed by atoms with Crippen LogP contribution in [0.25, 0.3) is 0 Å². The molecule has 5 rings (SSSR count). The number of aliphatic hydroxyl groups is 8. The number of benzene rings is 1. The van der Waals surface area contributed by atoms with Gasteiger partial charge in [0.15, 0.2) is 17.7 Å². The molecule has 3 fully saturated rings. The van der Waals surface area contributed by atoms with Gasteiger partial charge in [-0.3, -0.25) is 38.4 Å². The molecule has 3 saturated heterocycles. The fraction of sp³-hybridized carbons (Fsp3) is 0.612. The molecular formula is C49H71N9O22S. The highest BCUT2D eigenvalue weighted by atomic mass is 32.2. The van der Waals surface area contributed by atoms with E-state index >= 15 is 0 Å². The maximum atomic E-state index is 14.6. The molecule has 0 aliphatic carbocycles. The molecule has 15 unspecified atom stereocenters. The van der Waals surface area contributed by atoms with Gasteiger partial charge in [0.25, 0.3) is 18.2 Å². The number of aliphatic hydroxyl groups excluding tert-OH is 8. The highest BCUT2D eigenvalue weighted by molar-refractivity contribution is 7.90. The molecule has 4 heterocycles. The van der Waals surface area contributed by atoms with Crippen molar-refractivity contribution < 1.29 is 108 Å². The van der Waals surface area contributed by atoms with Crippen LogP contribution in [0.2, 0.25) is 0 Å². The first-order valence-corrected chi connectivity index (χ1v) is 26.6. The van der Waals surface area contributed by atoms with Crippen LogP contribution in [0.5, 0.6) is 17.4 Å². The molecule has 17 N–H and O–H groups in total. The number of fused-ring (bicyclic) bond motifs is 2. The van der Waals surface area contributed by atoms with Crippen molar-refractivity contribution in [2.75, 3.05) is 19.7 Å². The topological polar surface area (TPSA) is 481 Å². The summed E-state index contributed by atoms with van der Waals surface area (Å²) in [4.78, 5) is 118. The number of hydrogen-bond acceptors (Lipinski definition) is 24. The van der Waals surface area contributed by atoms with Gasteiger partial charge in [0.1, 0.15) is 54.6 Å². The van der Waals surface area contributed by atoms with Gasteiger partial charge in [0.05, 0.1) is 43.0 Å². The quantitative estimate of drug-likeness (QED) is 0.0243. The molecule has 32 heteroatoms. The van der Waals surface area contributed by atoms with Crippen molar-refractivity contribution in [3.8, 4) is 17.4 Å². The molecule has 81 heavy (non-hydrogen) atoms. The second-order valence-corrected chi connectivity index (χ2v) is 20.4. The van der Waals surface area contributed by atoms with E-state index in [2.05, 4.69) is 42.5 Å². The number of pyridine rings is 1. The largest absolute Gasteiger partial charge is 0.504 e. The lowest BCUT2D eigenvalue weighted by atomic mass is 9.96. The first-order chi connectivity index (χ1) is 38.4. The molecule has 1 aromatic heterocycles. The minimum atomic E-state index is -2.55. The number of carbonyl (C=O) groups is 8. The Morgan fingerprint density at radius 1 is 0.827 bits per heavy atom. The van der Waals surface area contributed by atoms with Crippen molar-refractivity contribution in [1.82, 2.24) is 41.4 Å². The SMILES string of the molecule is CCCCCCCCOc1ccc(C(=O)NC2CC(O)C(O)NC(=O)C3C(O)C(C)CN3C(=O)C(C(O)CC(N)=O)NC(=O)C(C(O)C(O)c3ccc(O)c(OSOOO)c3)NC(=O)C3CC(O)CN3C(=O)C(C(C)O)NC2=O)cn1. The number of nitrogens with zero attached hydrogens (tertiary/aromatic N) is 3. The molecule has 2 aromatic rings. The number of ether oxygens (including phenoxy) is 1. The van der Waals surface area contributed by atoms with E-state index in [9.17, 15) is 84.3 Å². The van der Waals surface area contributed by atoms with Gasteiger partial charge >= 0.3 is 0 Å². The van der Waals surface area contributed by atoms with Crippen molar-refractivity contribution in [2.24, 2.45) is 11.7 Å². The summed E-state index contributed by atoms with van der Waals surface area (Å²) in [7, 11) is 0. The summed E-state index contributed by atoms with van der Waals surface area (Å²) in [6.07, 6.45) is -12.4. The van der Waals surface area contributed by atoms with Gasteiger partial charge in [0.2, 0.25) is 47.2 Å². The van der Waals surface area contributed by atoms with Crippen LogP contribution in [0.4, 0.5) is 0 Å². The minimum Gasteiger partial charge on any atom is -0.504 e. The summed E-state index contributed by atoms with van der Waals surface area (Å²) in [6, 6.07) is -7.20. The zero-order chi connectivity index (χ0) is 59.8. The Kier molecular flexibility index (Phi) is 24.6. The van der Waals surface area contributed by atoms with E-state index in [0.29, 0.717) is 16.4 Å². The number of primary amides is 1. The maximum Gasteiger partial charge on any atom is 0.261 e. The third-order valence-electron chi connectivity index (χ3n) is 13.8. The summed E-state index contributed by atoms with van der Waals surface area (Å²) in [6.45, 7) is 3.67. The Bertz CT molecular complexity index is 2500. The van der Waals surface area contributed by atoms with Gasteiger partial charge in [0, 0.05) is 44.1 Å². The lowest BCUT2D eigenvalue weighted by Gasteiger charge is -2.34. The summed E-state index contributed by atoms with van der Waals surface area (Å²) < 4.78 is 14.8. The predicted molar refractivity (Wildman–Crippen MR) is 275 cm³/mol. The number of nitrogens with one attached hydrogen (secondary N) is 5. The average Bonchev–Trinajstić information content (AvgIpc) is 4.03. The third kappa shape index (κ3) is 17.5. The molecule has 0 radical (unpaired) electrons. The minimum absolute atomic E-state index is 0.0341. The molecule has 450 valence electrons. The number of aromatic nitrogens is 1. The van der Waals surface area contributed by atoms with Gasteiger partial charge in [-0.25, -0.2) is 10.2 Å². The second-order valence-electron chi connectivity index (χ2n) is 20.0. The number of unbranched alkanes of at least 4 members (excludes halogenated alkanes) is 5. The number of phenols is 1. The first kappa shape index (κ1) is 65.3. The van der Waals surface area contributed by atoms with E-state index in [0.717, 1.165) is 69.8 Å². The highest BCUT2D eigenvalue weighted by Gasteiger charge is 2.51. The van der Waals surface area contributed by atoms with Gasteiger partial charge in [-0.15, -0.1) is 0 Å². The van der Waals surface area contributed by atoms with E-state index in [1.165, 1.54) is 19.1 Å². The predicted octanol–water partition coefficient (Wildman–Crippen LogP) is -4.48. The standard InChI is InChI=1S/C49H71N9O22S/c1-4-5-6-7-8-9-14-77-34-13-11-25(19-51-34)42(68)52-27-17-31(63)45(71)56-47(73)38-39(65)22(2)20-58(38)49(75)36(30(62)18-33(50)64)54-46(72)37(41(67)40(66)24-10-12-29(61)32(15-24)78-81-80-79-76)55-44(70)28-16-26(60)21-57(28)48(74)35(23(3)59)53-43(27)69/h10-13,15,19,22-23,26-28,30-31,35-41,45,59-63,65-67,71,76H,4-9,14,16-18,20-21H2,1-3H3,(H2,50,64)(H,52,68)(H,53,69)(H,54,72)(H,55,70)(H,56,73). The molecular weight excluding hydrogens is 1100 g/mol. The molecule has 0 saturated carbocycles. The third-order valence-corrected chi connectivity index (χ3v) is 14.2. The van der Waals surface area contributed by atoms with E-state index < -0.39 is 182 Å². The van der Waals surface area contributed by atoms with Crippen LogP contribution >= 0.6 is 12.3 Å². The Balaban J connectivity index is 1.56. The Labute approximate surface area is 467 Å². The molecule has 1 aromatic carbocycles. The summed E-state index contributed by atoms with van der Waals surface area (Å²) in [5, 5.41) is 124. The molecule has 0 bridgehead atoms. The average molecular weight is 1170 g/mol. The van der Waals surface area contributed by atoms with Crippen LogP contribution in [0.1, 0.15) is 101 Å². The molecule has 31 nitrogen and oxygen atoms in total. The van der Waals surface area contributed by atoms with Crippen molar-refractivity contribution in [3.63, 3.8) is 0 Å². The molecule has 15 atom stereocenters. The van der Waals surface area contributed by atoms with Crippen molar-refractivity contribution in [2.45, 2.75) is 164 Å². The lowest BCUT2D eigenvalue weighted by Crippen LogP contribution is -2.64. The second kappa shape index (κ2) is 30.5. The number of nitrogens with two attached hydrogens (primary N) is 1. The van der Waals surface area contributed by atoms with E-state index in [1.54, 1.807) is 0 Å². The molecule has 8 amide bonds. The number of amides is 8. The van der Waals surface area contributed by atoms with Crippen LogP contribution in [0.3, 0.4) is 0 Å². The molecule has 3 aliphatic rings. The number of phenolic OH excluding ortho intramolecular Hbond substituents is 1. The van der Waals surface area contributed by atoms with E-state index in [4.69, 9.17) is 19.9 Å². The van der Waals surface area contributed by atoms with Crippen molar-refractivity contribution in [1.29, 1.82) is 0 Å². The Morgan fingerprint density at radius 3 is 2.15 bits per heavy atom. The summed E-state index contributed by atoms with van der Waals surface area (Å²) in [5.74, 6) is -12.5. The van der Waals surface area contributed by atoms with Crippen LogP contribution in [-0.4, -0.2) is 212 Å². The number of hydrogen-bond donors (Lipinski definition) is 16. The summed E-state index contributed by atoms with van der Waals surface area (Å²) in [5.41, 5.74) is 4.83. The molecule has 3 aliphatic heterocycles. The zero-order valence-electron chi connectivity index (χ0n) is 44.3.